The van der Waals surface area contributed by atoms with Crippen molar-refractivity contribution >= 4 is 22.6 Å². The van der Waals surface area contributed by atoms with Crippen molar-refractivity contribution in [1.82, 2.24) is 10.2 Å². The van der Waals surface area contributed by atoms with Crippen molar-refractivity contribution < 1.29 is 22.7 Å². The lowest BCUT2D eigenvalue weighted by molar-refractivity contribution is -0.137. The molecule has 1 N–H and O–H groups in total. The van der Waals surface area contributed by atoms with Gasteiger partial charge in [0.25, 0.3) is 0 Å². The second kappa shape index (κ2) is 10.1. The number of benzene rings is 3. The van der Waals surface area contributed by atoms with Crippen LogP contribution in [0.4, 0.5) is 23.7 Å². The number of fused-ring (bicyclic) bond motifs is 1. The second-order valence-corrected chi connectivity index (χ2v) is 7.99. The Balaban J connectivity index is 1.20. The number of piperazine rings is 1. The quantitative estimate of drug-likeness (QED) is 0.520. The summed E-state index contributed by atoms with van der Waals surface area (Å²) in [5.74, 6) is 0.515. The van der Waals surface area contributed by atoms with Crippen LogP contribution in [0.15, 0.2) is 66.7 Å². The third-order valence-electron chi connectivity index (χ3n) is 5.80. The van der Waals surface area contributed by atoms with Gasteiger partial charge in [0.1, 0.15) is 5.75 Å². The van der Waals surface area contributed by atoms with Gasteiger partial charge >= 0.3 is 12.3 Å². The largest absolute Gasteiger partial charge is 0.418 e. The topological polar surface area (TPSA) is 44.8 Å². The van der Waals surface area contributed by atoms with Crippen LogP contribution in [0.5, 0.6) is 5.75 Å². The molecule has 1 aliphatic rings. The Hall–Kier alpha value is -3.26. The molecule has 0 atom stereocenters. The lowest BCUT2D eigenvalue weighted by Gasteiger charge is -2.37. The Labute approximate surface area is 190 Å². The van der Waals surface area contributed by atoms with Crippen LogP contribution in [-0.2, 0) is 6.18 Å². The number of halogens is 3. The zero-order valence-electron chi connectivity index (χ0n) is 18.1. The Bertz CT molecular complexity index is 1090. The van der Waals surface area contributed by atoms with Crippen LogP contribution in [0.25, 0.3) is 10.8 Å². The Morgan fingerprint density at radius 1 is 0.909 bits per heavy atom. The van der Waals surface area contributed by atoms with Crippen LogP contribution >= 0.6 is 0 Å². The van der Waals surface area contributed by atoms with E-state index in [-0.39, 0.29) is 5.69 Å². The number of carbonyl (C=O) groups excluding carboxylic acids is 1. The number of carbonyl (C=O) groups is 1. The summed E-state index contributed by atoms with van der Waals surface area (Å²) in [5, 5.41) is 4.65. The fourth-order valence-corrected chi connectivity index (χ4v) is 4.12. The summed E-state index contributed by atoms with van der Waals surface area (Å²) >= 11 is 0. The fourth-order valence-electron chi connectivity index (χ4n) is 4.12. The first-order chi connectivity index (χ1) is 15.9. The van der Waals surface area contributed by atoms with Crippen LogP contribution in [0.3, 0.4) is 0 Å². The number of ether oxygens (including phenoxy) is 1. The molecule has 0 aromatic heterocycles. The molecule has 174 valence electrons. The van der Waals surface area contributed by atoms with E-state index in [0.29, 0.717) is 38.5 Å². The molecule has 3 aromatic carbocycles. The Morgan fingerprint density at radius 2 is 1.61 bits per heavy atom. The third kappa shape index (κ3) is 5.76. The number of nitrogens with one attached hydrogen (secondary N) is 1. The molecule has 5 nitrogen and oxygen atoms in total. The van der Waals surface area contributed by atoms with Crippen LogP contribution in [0.1, 0.15) is 12.0 Å². The van der Waals surface area contributed by atoms with E-state index >= 15 is 0 Å². The summed E-state index contributed by atoms with van der Waals surface area (Å²) in [6.45, 7) is 3.62. The maximum atomic E-state index is 13.3. The monoisotopic (exact) mass is 457 g/mol. The predicted molar refractivity (Wildman–Crippen MR) is 123 cm³/mol. The van der Waals surface area contributed by atoms with E-state index in [1.54, 1.807) is 17.0 Å². The van der Waals surface area contributed by atoms with Gasteiger partial charge in [0.05, 0.1) is 5.56 Å². The van der Waals surface area contributed by atoms with Crippen molar-refractivity contribution in [2.45, 2.75) is 12.6 Å². The summed E-state index contributed by atoms with van der Waals surface area (Å²) in [7, 11) is 0. The minimum Gasteiger partial charge on any atom is -0.410 e. The number of nitrogens with zero attached hydrogens (tertiary/aromatic N) is 2. The summed E-state index contributed by atoms with van der Waals surface area (Å²) in [5.41, 5.74) is -0.352. The highest BCUT2D eigenvalue weighted by Crippen LogP contribution is 2.36. The van der Waals surface area contributed by atoms with Gasteiger partial charge in [-0.05, 0) is 36.6 Å². The summed E-state index contributed by atoms with van der Waals surface area (Å²) < 4.78 is 45.3. The minimum atomic E-state index is -4.36. The van der Waals surface area contributed by atoms with E-state index in [9.17, 15) is 18.0 Å². The summed E-state index contributed by atoms with van der Waals surface area (Å²) in [6.07, 6.45) is -4.14. The molecule has 1 fully saturated rings. The summed E-state index contributed by atoms with van der Waals surface area (Å²) in [6, 6.07) is 19.0. The average Bonchev–Trinajstić information content (AvgIpc) is 2.82. The van der Waals surface area contributed by atoms with Gasteiger partial charge in [-0.2, -0.15) is 13.2 Å². The molecule has 0 saturated carbocycles. The van der Waals surface area contributed by atoms with Gasteiger partial charge in [-0.15, -0.1) is 0 Å². The first-order valence-electron chi connectivity index (χ1n) is 11.0. The first kappa shape index (κ1) is 22.9. The lowest BCUT2D eigenvalue weighted by atomic mass is 10.1. The van der Waals surface area contributed by atoms with E-state index in [0.717, 1.165) is 29.8 Å². The molecule has 1 heterocycles. The van der Waals surface area contributed by atoms with Crippen LogP contribution in [0.2, 0.25) is 0 Å². The number of amides is 1. The van der Waals surface area contributed by atoms with Gasteiger partial charge in [-0.3, -0.25) is 4.90 Å². The van der Waals surface area contributed by atoms with Crippen molar-refractivity contribution in [3.05, 3.63) is 72.3 Å². The molecule has 0 spiro atoms. The normalized spacial score (nSPS) is 14.9. The van der Waals surface area contributed by atoms with E-state index in [1.807, 2.05) is 36.4 Å². The van der Waals surface area contributed by atoms with Crippen molar-refractivity contribution in [3.8, 4) is 5.75 Å². The number of para-hydroxylation sites is 1. The van der Waals surface area contributed by atoms with Gasteiger partial charge in [-0.25, -0.2) is 4.79 Å². The van der Waals surface area contributed by atoms with Gasteiger partial charge in [0.2, 0.25) is 0 Å². The minimum absolute atomic E-state index is 0.238. The number of hydrogen-bond acceptors (Lipinski definition) is 4. The van der Waals surface area contributed by atoms with Crippen LogP contribution < -0.4 is 15.0 Å². The molecular weight excluding hydrogens is 431 g/mol. The lowest BCUT2D eigenvalue weighted by Crippen LogP contribution is -2.47. The average molecular weight is 457 g/mol. The number of hydrogen-bond donors (Lipinski definition) is 1. The number of alkyl halides is 3. The highest BCUT2D eigenvalue weighted by atomic mass is 19.4. The molecule has 1 amide bonds. The zero-order valence-corrected chi connectivity index (χ0v) is 18.1. The van der Waals surface area contributed by atoms with E-state index in [1.165, 1.54) is 12.1 Å². The molecule has 1 aliphatic heterocycles. The predicted octanol–water partition coefficient (Wildman–Crippen LogP) is 5.16. The molecule has 0 bridgehead atoms. The van der Waals surface area contributed by atoms with Gasteiger partial charge < -0.3 is 15.0 Å². The molecule has 3 aromatic rings. The SMILES string of the molecule is O=C(NCCCN1CCN(c2ccccc2C(F)(F)F)CC1)Oc1cccc2ccccc12. The fraction of sp³-hybridized carbons (Fsp3) is 0.320. The standard InChI is InChI=1S/C25H26F3N3O2/c26-25(27,28)21-10-3-4-11-22(21)31-17-15-30(16-18-31)14-6-13-29-24(32)33-23-12-5-8-19-7-1-2-9-20(19)23/h1-5,7-12H,6,13-18H2,(H,29,32). The van der Waals surface area contributed by atoms with Crippen molar-refractivity contribution in [3.63, 3.8) is 0 Å². The Kier molecular flexibility index (Phi) is 7.03. The number of anilines is 1. The maximum absolute atomic E-state index is 13.3. The van der Waals surface area contributed by atoms with E-state index in [2.05, 4.69) is 10.2 Å². The molecule has 33 heavy (non-hydrogen) atoms. The molecule has 0 radical (unpaired) electrons. The number of rotatable bonds is 6. The molecule has 1 saturated heterocycles. The maximum Gasteiger partial charge on any atom is 0.418 e. The van der Waals surface area contributed by atoms with E-state index < -0.39 is 17.8 Å². The van der Waals surface area contributed by atoms with Crippen LogP contribution in [-0.4, -0.2) is 50.3 Å². The van der Waals surface area contributed by atoms with Crippen LogP contribution in [0, 0.1) is 0 Å². The molecule has 8 heteroatoms. The van der Waals surface area contributed by atoms with Crippen molar-refractivity contribution in [2.24, 2.45) is 0 Å². The highest BCUT2D eigenvalue weighted by molar-refractivity contribution is 5.90. The first-order valence-corrected chi connectivity index (χ1v) is 11.0. The Morgan fingerprint density at radius 3 is 2.39 bits per heavy atom. The van der Waals surface area contributed by atoms with Crippen molar-refractivity contribution in [1.29, 1.82) is 0 Å². The molecule has 0 unspecified atom stereocenters. The van der Waals surface area contributed by atoms with Gasteiger partial charge in [-0.1, -0.05) is 48.5 Å². The van der Waals surface area contributed by atoms with E-state index in [4.69, 9.17) is 4.74 Å². The summed E-state index contributed by atoms with van der Waals surface area (Å²) in [4.78, 5) is 16.2. The smallest absolute Gasteiger partial charge is 0.410 e. The second-order valence-electron chi connectivity index (χ2n) is 7.99. The van der Waals surface area contributed by atoms with Gasteiger partial charge in [0.15, 0.2) is 0 Å². The zero-order chi connectivity index (χ0) is 23.3. The molecular formula is C25H26F3N3O2. The molecule has 0 aliphatic carbocycles. The highest BCUT2D eigenvalue weighted by Gasteiger charge is 2.35. The third-order valence-corrected chi connectivity index (χ3v) is 5.80. The molecule has 4 rings (SSSR count). The van der Waals surface area contributed by atoms with Crippen molar-refractivity contribution in [2.75, 3.05) is 44.2 Å². The van der Waals surface area contributed by atoms with Gasteiger partial charge in [0, 0.05) is 43.8 Å².